The Hall–Kier alpha value is -2.46. The van der Waals surface area contributed by atoms with Crippen LogP contribution in [0.5, 0.6) is 0 Å². The Labute approximate surface area is 155 Å². The minimum Gasteiger partial charge on any atom is -0.261 e. The quantitative estimate of drug-likeness (QED) is 0.570. The van der Waals surface area contributed by atoms with E-state index in [4.69, 9.17) is 0 Å². The van der Waals surface area contributed by atoms with Gasteiger partial charge in [-0.25, -0.2) is 13.4 Å². The molecule has 1 aromatic carbocycles. The first-order valence-electron chi connectivity index (χ1n) is 8.11. The summed E-state index contributed by atoms with van der Waals surface area (Å²) in [6.45, 7) is 4.14. The Balaban J connectivity index is 2.14. The van der Waals surface area contributed by atoms with Crippen LogP contribution in [0.25, 0.3) is 0 Å². The van der Waals surface area contributed by atoms with Crippen LogP contribution in [0.2, 0.25) is 0 Å². The van der Waals surface area contributed by atoms with Crippen molar-refractivity contribution in [2.75, 3.05) is 18.5 Å². The fourth-order valence-electron chi connectivity index (χ4n) is 2.35. The van der Waals surface area contributed by atoms with E-state index in [9.17, 15) is 21.6 Å². The lowest BCUT2D eigenvalue weighted by molar-refractivity contribution is -0.137. The van der Waals surface area contributed by atoms with Crippen LogP contribution >= 0.6 is 0 Å². The van der Waals surface area contributed by atoms with Gasteiger partial charge in [-0.1, -0.05) is 32.0 Å². The molecule has 146 valence electrons. The van der Waals surface area contributed by atoms with Crippen molar-refractivity contribution < 1.29 is 21.6 Å². The number of halogens is 3. The van der Waals surface area contributed by atoms with E-state index in [0.717, 1.165) is 12.3 Å². The maximum absolute atomic E-state index is 12.9. The summed E-state index contributed by atoms with van der Waals surface area (Å²) in [5.41, 5.74) is 1.59. The predicted octanol–water partition coefficient (Wildman–Crippen LogP) is 3.58. The number of sulfonamides is 1. The fourth-order valence-corrected chi connectivity index (χ4v) is 3.75. The van der Waals surface area contributed by atoms with Gasteiger partial charge in [-0.05, 0) is 18.2 Å². The topological polar surface area (TPSA) is 74.7 Å². The van der Waals surface area contributed by atoms with Crippen molar-refractivity contribution in [1.29, 1.82) is 0 Å². The van der Waals surface area contributed by atoms with Crippen LogP contribution in [0.1, 0.15) is 25.0 Å². The third-order valence-corrected chi connectivity index (χ3v) is 5.76. The molecular weight excluding hydrogens is 381 g/mol. The highest BCUT2D eigenvalue weighted by atomic mass is 32.2. The van der Waals surface area contributed by atoms with E-state index < -0.39 is 21.8 Å². The number of hydrazone groups is 1. The second kappa shape index (κ2) is 8.49. The maximum Gasteiger partial charge on any atom is 0.417 e. The molecule has 0 fully saturated rings. The van der Waals surface area contributed by atoms with Crippen molar-refractivity contribution in [2.45, 2.75) is 24.9 Å². The molecule has 0 unspecified atom stereocenters. The molecule has 0 aliphatic heterocycles. The highest BCUT2D eigenvalue weighted by Gasteiger charge is 2.32. The lowest BCUT2D eigenvalue weighted by Crippen LogP contribution is -2.30. The van der Waals surface area contributed by atoms with Crippen molar-refractivity contribution in [3.05, 3.63) is 53.7 Å². The lowest BCUT2D eigenvalue weighted by Gasteiger charge is -2.18. The molecule has 2 rings (SSSR count). The Morgan fingerprint density at radius 1 is 1.15 bits per heavy atom. The Kier molecular flexibility index (Phi) is 6.55. The predicted molar refractivity (Wildman–Crippen MR) is 97.0 cm³/mol. The molecule has 0 bridgehead atoms. The number of hydrogen-bond acceptors (Lipinski definition) is 5. The van der Waals surface area contributed by atoms with Crippen LogP contribution in [-0.4, -0.2) is 37.0 Å². The van der Waals surface area contributed by atoms with Gasteiger partial charge in [0, 0.05) is 24.8 Å². The summed E-state index contributed by atoms with van der Waals surface area (Å²) in [5.74, 6) is 0.203. The Morgan fingerprint density at radius 3 is 2.37 bits per heavy atom. The number of aromatic nitrogens is 1. The number of rotatable bonds is 7. The zero-order chi connectivity index (χ0) is 20.1. The largest absolute Gasteiger partial charge is 0.417 e. The molecule has 0 aliphatic rings. The van der Waals surface area contributed by atoms with Gasteiger partial charge in [-0.3, -0.25) is 5.43 Å². The van der Waals surface area contributed by atoms with E-state index in [1.54, 1.807) is 13.8 Å². The van der Waals surface area contributed by atoms with Gasteiger partial charge in [-0.15, -0.1) is 0 Å². The molecule has 2 aromatic rings. The number of nitrogens with one attached hydrogen (secondary N) is 1. The SMILES string of the molecule is CCN(CC)S(=O)(=O)c1ccc(N/N=C/c2ccccc2C(F)(F)F)nc1. The summed E-state index contributed by atoms with van der Waals surface area (Å²) in [6, 6.07) is 7.78. The summed E-state index contributed by atoms with van der Waals surface area (Å²) in [7, 11) is -3.62. The van der Waals surface area contributed by atoms with Crippen molar-refractivity contribution >= 4 is 22.1 Å². The maximum atomic E-state index is 12.9. The third-order valence-electron chi connectivity index (χ3n) is 3.73. The number of hydrogen-bond donors (Lipinski definition) is 1. The molecule has 0 saturated carbocycles. The monoisotopic (exact) mass is 400 g/mol. The van der Waals surface area contributed by atoms with E-state index in [1.165, 1.54) is 40.8 Å². The number of nitrogens with zero attached hydrogens (tertiary/aromatic N) is 3. The van der Waals surface area contributed by atoms with Crippen LogP contribution in [0.15, 0.2) is 52.6 Å². The molecule has 0 atom stereocenters. The highest BCUT2D eigenvalue weighted by Crippen LogP contribution is 2.31. The lowest BCUT2D eigenvalue weighted by atomic mass is 10.1. The zero-order valence-electron chi connectivity index (χ0n) is 14.7. The first kappa shape index (κ1) is 20.8. The minimum atomic E-state index is -4.48. The molecule has 0 saturated heterocycles. The summed E-state index contributed by atoms with van der Waals surface area (Å²) in [6.07, 6.45) is -2.28. The molecule has 0 spiro atoms. The molecule has 1 heterocycles. The molecule has 6 nitrogen and oxygen atoms in total. The minimum absolute atomic E-state index is 0.0307. The number of anilines is 1. The molecule has 1 N–H and O–H groups in total. The standard InChI is InChI=1S/C17H19F3N4O2S/c1-3-24(4-2)27(25,26)14-9-10-16(21-12-14)23-22-11-13-7-5-6-8-15(13)17(18,19)20/h5-12H,3-4H2,1-2H3,(H,21,23)/b22-11+. The van der Waals surface area contributed by atoms with Gasteiger partial charge in [0.15, 0.2) is 0 Å². The van der Waals surface area contributed by atoms with E-state index in [1.807, 2.05) is 0 Å². The number of alkyl halides is 3. The number of benzene rings is 1. The second-order valence-electron chi connectivity index (χ2n) is 5.42. The van der Waals surface area contributed by atoms with Crippen molar-refractivity contribution in [3.8, 4) is 0 Å². The molecule has 1 aromatic heterocycles. The zero-order valence-corrected chi connectivity index (χ0v) is 15.5. The van der Waals surface area contributed by atoms with Crippen molar-refractivity contribution in [3.63, 3.8) is 0 Å². The molecule has 0 amide bonds. The summed E-state index contributed by atoms with van der Waals surface area (Å²) >= 11 is 0. The van der Waals surface area contributed by atoms with Gasteiger partial charge in [0.05, 0.1) is 11.8 Å². The first-order chi connectivity index (χ1) is 12.7. The molecule has 0 radical (unpaired) electrons. The summed E-state index contributed by atoms with van der Waals surface area (Å²) in [5, 5.41) is 3.75. The summed E-state index contributed by atoms with van der Waals surface area (Å²) in [4.78, 5) is 3.98. The molecule has 27 heavy (non-hydrogen) atoms. The average molecular weight is 400 g/mol. The van der Waals surface area contributed by atoms with E-state index in [0.29, 0.717) is 13.1 Å². The Bertz CT molecular complexity index is 893. The fraction of sp³-hybridized carbons (Fsp3) is 0.294. The van der Waals surface area contributed by atoms with Gasteiger partial charge in [0.1, 0.15) is 10.7 Å². The highest BCUT2D eigenvalue weighted by molar-refractivity contribution is 7.89. The van der Waals surface area contributed by atoms with Gasteiger partial charge in [0.2, 0.25) is 10.0 Å². The van der Waals surface area contributed by atoms with Crippen LogP contribution in [-0.2, 0) is 16.2 Å². The molecular formula is C17H19F3N4O2S. The first-order valence-corrected chi connectivity index (χ1v) is 9.55. The van der Waals surface area contributed by atoms with Crippen molar-refractivity contribution in [1.82, 2.24) is 9.29 Å². The van der Waals surface area contributed by atoms with Crippen LogP contribution in [0, 0.1) is 0 Å². The molecule has 0 aliphatic carbocycles. The summed E-state index contributed by atoms with van der Waals surface area (Å²) < 4.78 is 64.8. The average Bonchev–Trinajstić information content (AvgIpc) is 2.62. The van der Waals surface area contributed by atoms with Crippen LogP contribution in [0.3, 0.4) is 0 Å². The van der Waals surface area contributed by atoms with Gasteiger partial charge < -0.3 is 0 Å². The number of pyridine rings is 1. The van der Waals surface area contributed by atoms with Crippen molar-refractivity contribution in [2.24, 2.45) is 5.10 Å². The molecule has 10 heteroatoms. The van der Waals surface area contributed by atoms with Gasteiger partial charge in [-0.2, -0.15) is 22.6 Å². The third kappa shape index (κ3) is 5.04. The van der Waals surface area contributed by atoms with Gasteiger partial charge >= 0.3 is 6.18 Å². The van der Waals surface area contributed by atoms with E-state index in [2.05, 4.69) is 15.5 Å². The van der Waals surface area contributed by atoms with E-state index in [-0.39, 0.29) is 16.3 Å². The smallest absolute Gasteiger partial charge is 0.261 e. The van der Waals surface area contributed by atoms with Gasteiger partial charge in [0.25, 0.3) is 0 Å². The van der Waals surface area contributed by atoms with Crippen LogP contribution < -0.4 is 5.43 Å². The van der Waals surface area contributed by atoms with E-state index >= 15 is 0 Å². The van der Waals surface area contributed by atoms with Crippen LogP contribution in [0.4, 0.5) is 19.0 Å². The Morgan fingerprint density at radius 2 is 1.81 bits per heavy atom. The normalized spacial score (nSPS) is 12.7. The second-order valence-corrected chi connectivity index (χ2v) is 7.36.